The maximum Gasteiger partial charge on any atom is 0.229 e. The van der Waals surface area contributed by atoms with Gasteiger partial charge in [-0.2, -0.15) is 0 Å². The van der Waals surface area contributed by atoms with Gasteiger partial charge in [0.1, 0.15) is 0 Å². The van der Waals surface area contributed by atoms with Crippen LogP contribution in [-0.2, 0) is 16.6 Å². The first-order valence-corrected chi connectivity index (χ1v) is 12.8. The lowest BCUT2D eigenvalue weighted by Crippen LogP contribution is -2.55. The Hall–Kier alpha value is -2.74. The number of anilines is 3. The van der Waals surface area contributed by atoms with E-state index in [2.05, 4.69) is 80.5 Å². The first-order valence-electron chi connectivity index (χ1n) is 10.9. The SMILES string of the molecule is CS(=O)(=O)Nc1ccc(NCC2CN(c3ccccc3)CCN2Cc2ccccc2)cc1.Cl. The quantitative estimate of drug-likeness (QED) is 0.497. The maximum absolute atomic E-state index is 11.4. The third-order valence-corrected chi connectivity index (χ3v) is 6.29. The van der Waals surface area contributed by atoms with Gasteiger partial charge in [-0.3, -0.25) is 9.62 Å². The zero-order chi connectivity index (χ0) is 22.4. The summed E-state index contributed by atoms with van der Waals surface area (Å²) in [5.74, 6) is 0. The van der Waals surface area contributed by atoms with Gasteiger partial charge in [-0.05, 0) is 42.0 Å². The second-order valence-electron chi connectivity index (χ2n) is 8.22. The molecule has 1 heterocycles. The number of sulfonamides is 1. The molecule has 1 saturated heterocycles. The summed E-state index contributed by atoms with van der Waals surface area (Å²) in [6.45, 7) is 4.66. The Morgan fingerprint density at radius 2 is 1.45 bits per heavy atom. The Labute approximate surface area is 203 Å². The van der Waals surface area contributed by atoms with E-state index in [4.69, 9.17) is 0 Å². The number of nitrogens with zero attached hydrogens (tertiary/aromatic N) is 2. The predicted molar refractivity (Wildman–Crippen MR) is 140 cm³/mol. The fourth-order valence-corrected chi connectivity index (χ4v) is 4.66. The Morgan fingerprint density at radius 3 is 2.09 bits per heavy atom. The number of rotatable bonds is 8. The molecule has 0 radical (unpaired) electrons. The van der Waals surface area contributed by atoms with Gasteiger partial charge in [-0.15, -0.1) is 12.4 Å². The Bertz CT molecular complexity index is 1100. The number of hydrogen-bond acceptors (Lipinski definition) is 5. The second kappa shape index (κ2) is 11.4. The van der Waals surface area contributed by atoms with Gasteiger partial charge in [0.05, 0.1) is 6.26 Å². The molecule has 1 atom stereocenters. The van der Waals surface area contributed by atoms with E-state index in [1.54, 1.807) is 12.1 Å². The third kappa shape index (κ3) is 7.39. The van der Waals surface area contributed by atoms with Gasteiger partial charge in [0.25, 0.3) is 0 Å². The number of halogens is 1. The van der Waals surface area contributed by atoms with Crippen LogP contribution in [0.4, 0.5) is 17.1 Å². The van der Waals surface area contributed by atoms with Gasteiger partial charge < -0.3 is 10.2 Å². The van der Waals surface area contributed by atoms with Crippen LogP contribution in [0.2, 0.25) is 0 Å². The molecule has 2 N–H and O–H groups in total. The average Bonchev–Trinajstić information content (AvgIpc) is 2.80. The summed E-state index contributed by atoms with van der Waals surface area (Å²) in [4.78, 5) is 4.99. The minimum absolute atomic E-state index is 0. The molecule has 0 saturated carbocycles. The minimum Gasteiger partial charge on any atom is -0.383 e. The van der Waals surface area contributed by atoms with Crippen molar-refractivity contribution in [3.8, 4) is 0 Å². The molecular weight excluding hydrogens is 456 g/mol. The van der Waals surface area contributed by atoms with E-state index in [0.29, 0.717) is 11.7 Å². The number of para-hydroxylation sites is 1. The van der Waals surface area contributed by atoms with Crippen LogP contribution in [0.3, 0.4) is 0 Å². The van der Waals surface area contributed by atoms with E-state index >= 15 is 0 Å². The predicted octanol–water partition coefficient (Wildman–Crippen LogP) is 4.28. The van der Waals surface area contributed by atoms with Crippen molar-refractivity contribution < 1.29 is 8.42 Å². The van der Waals surface area contributed by atoms with E-state index in [1.807, 2.05) is 12.1 Å². The van der Waals surface area contributed by atoms with Crippen molar-refractivity contribution in [2.24, 2.45) is 0 Å². The van der Waals surface area contributed by atoms with Crippen molar-refractivity contribution in [3.63, 3.8) is 0 Å². The van der Waals surface area contributed by atoms with Gasteiger partial charge in [-0.1, -0.05) is 48.5 Å². The molecule has 1 fully saturated rings. The van der Waals surface area contributed by atoms with Crippen molar-refractivity contribution >= 4 is 39.5 Å². The largest absolute Gasteiger partial charge is 0.383 e. The second-order valence-corrected chi connectivity index (χ2v) is 9.97. The lowest BCUT2D eigenvalue weighted by molar-refractivity contribution is 0.176. The van der Waals surface area contributed by atoms with Gasteiger partial charge in [0.15, 0.2) is 0 Å². The molecular formula is C25H31ClN4O2S. The number of hydrogen-bond donors (Lipinski definition) is 2. The summed E-state index contributed by atoms with van der Waals surface area (Å²) >= 11 is 0. The molecule has 3 aromatic rings. The van der Waals surface area contributed by atoms with Crippen molar-refractivity contribution in [3.05, 3.63) is 90.5 Å². The lowest BCUT2D eigenvalue weighted by atomic mass is 10.1. The van der Waals surface area contributed by atoms with Crippen LogP contribution in [0.25, 0.3) is 0 Å². The zero-order valence-electron chi connectivity index (χ0n) is 18.7. The van der Waals surface area contributed by atoms with Crippen molar-refractivity contribution in [1.29, 1.82) is 0 Å². The van der Waals surface area contributed by atoms with E-state index in [9.17, 15) is 8.42 Å². The third-order valence-electron chi connectivity index (χ3n) is 5.68. The lowest BCUT2D eigenvalue weighted by Gasteiger charge is -2.42. The molecule has 1 unspecified atom stereocenters. The molecule has 0 bridgehead atoms. The number of piperazine rings is 1. The average molecular weight is 487 g/mol. The van der Waals surface area contributed by atoms with Crippen molar-refractivity contribution in [2.45, 2.75) is 12.6 Å². The smallest absolute Gasteiger partial charge is 0.229 e. The van der Waals surface area contributed by atoms with Gasteiger partial charge in [0.2, 0.25) is 10.0 Å². The van der Waals surface area contributed by atoms with E-state index in [1.165, 1.54) is 11.3 Å². The summed E-state index contributed by atoms with van der Waals surface area (Å²) in [6.07, 6.45) is 1.15. The topological polar surface area (TPSA) is 64.7 Å². The van der Waals surface area contributed by atoms with Crippen LogP contribution in [0, 0.1) is 0 Å². The molecule has 176 valence electrons. The van der Waals surface area contributed by atoms with E-state index in [-0.39, 0.29) is 12.4 Å². The minimum atomic E-state index is -3.27. The summed E-state index contributed by atoms with van der Waals surface area (Å²) < 4.78 is 25.3. The summed E-state index contributed by atoms with van der Waals surface area (Å²) in [5, 5.41) is 3.55. The highest BCUT2D eigenvalue weighted by Gasteiger charge is 2.27. The first kappa shape index (κ1) is 24.9. The maximum atomic E-state index is 11.4. The normalized spacial score (nSPS) is 16.6. The molecule has 0 spiro atoms. The molecule has 3 aromatic carbocycles. The molecule has 8 heteroatoms. The number of nitrogens with one attached hydrogen (secondary N) is 2. The van der Waals surface area contributed by atoms with Crippen LogP contribution in [-0.4, -0.2) is 51.8 Å². The van der Waals surface area contributed by atoms with Crippen molar-refractivity contribution in [2.75, 3.05) is 47.4 Å². The highest BCUT2D eigenvalue weighted by atomic mass is 35.5. The fraction of sp³-hybridized carbons (Fsp3) is 0.280. The first-order chi connectivity index (χ1) is 15.5. The standard InChI is InChI=1S/C25H30N4O2S.ClH/c1-32(30,31)27-23-14-12-22(13-15-23)26-18-25-20-29(24-10-6-3-7-11-24)17-16-28(25)19-21-8-4-2-5-9-21;/h2-15,25-27H,16-20H2,1H3;1H. The van der Waals surface area contributed by atoms with Crippen LogP contribution < -0.4 is 14.9 Å². The molecule has 4 rings (SSSR count). The van der Waals surface area contributed by atoms with Crippen LogP contribution in [0.5, 0.6) is 0 Å². The summed E-state index contributed by atoms with van der Waals surface area (Å²) in [6, 6.07) is 28.9. The van der Waals surface area contributed by atoms with Gasteiger partial charge in [0, 0.05) is 55.8 Å². The molecule has 1 aliphatic rings. The molecule has 33 heavy (non-hydrogen) atoms. The van der Waals surface area contributed by atoms with Crippen LogP contribution >= 0.6 is 12.4 Å². The molecule has 0 amide bonds. The van der Waals surface area contributed by atoms with Crippen molar-refractivity contribution in [1.82, 2.24) is 4.90 Å². The van der Waals surface area contributed by atoms with Gasteiger partial charge >= 0.3 is 0 Å². The zero-order valence-corrected chi connectivity index (χ0v) is 20.4. The Morgan fingerprint density at radius 1 is 0.848 bits per heavy atom. The van der Waals surface area contributed by atoms with E-state index < -0.39 is 10.0 Å². The Kier molecular flexibility index (Phi) is 8.61. The summed E-state index contributed by atoms with van der Waals surface area (Å²) in [7, 11) is -3.27. The highest BCUT2D eigenvalue weighted by Crippen LogP contribution is 2.22. The van der Waals surface area contributed by atoms with Crippen LogP contribution in [0.15, 0.2) is 84.9 Å². The van der Waals surface area contributed by atoms with E-state index in [0.717, 1.165) is 44.7 Å². The monoisotopic (exact) mass is 486 g/mol. The molecule has 6 nitrogen and oxygen atoms in total. The van der Waals surface area contributed by atoms with Crippen LogP contribution in [0.1, 0.15) is 5.56 Å². The highest BCUT2D eigenvalue weighted by molar-refractivity contribution is 7.92. The summed E-state index contributed by atoms with van der Waals surface area (Å²) in [5.41, 5.74) is 4.12. The molecule has 1 aliphatic heterocycles. The van der Waals surface area contributed by atoms with Gasteiger partial charge in [-0.25, -0.2) is 8.42 Å². The Balaban J connectivity index is 0.00000306. The fourth-order valence-electron chi connectivity index (χ4n) is 4.09. The molecule has 0 aromatic heterocycles. The molecule has 0 aliphatic carbocycles. The number of benzene rings is 3.